The van der Waals surface area contributed by atoms with E-state index in [-0.39, 0.29) is 11.6 Å². The second-order valence-electron chi connectivity index (χ2n) is 3.84. The highest BCUT2D eigenvalue weighted by molar-refractivity contribution is 5.92. The van der Waals surface area contributed by atoms with Gasteiger partial charge in [-0.15, -0.1) is 0 Å². The summed E-state index contributed by atoms with van der Waals surface area (Å²) in [5.74, 6) is -1.00. The van der Waals surface area contributed by atoms with E-state index in [4.69, 9.17) is 0 Å². The minimum absolute atomic E-state index is 0.100. The number of hydrogen-bond acceptors (Lipinski definition) is 2. The molecule has 0 spiro atoms. The molecule has 0 bridgehead atoms. The quantitative estimate of drug-likeness (QED) is 0.838. The lowest BCUT2D eigenvalue weighted by Gasteiger charge is -2.04. The van der Waals surface area contributed by atoms with Crippen molar-refractivity contribution in [2.24, 2.45) is 0 Å². The predicted octanol–water partition coefficient (Wildman–Crippen LogP) is 2.19. The van der Waals surface area contributed by atoms with Gasteiger partial charge in [0.05, 0.1) is 0 Å². The summed E-state index contributed by atoms with van der Waals surface area (Å²) in [6.45, 7) is 0.501. The first kappa shape index (κ1) is 12.2. The molecule has 0 saturated heterocycles. The molecule has 1 aromatic heterocycles. The Kier molecular flexibility index (Phi) is 4.02. The monoisotopic (exact) mass is 244 g/mol. The lowest BCUT2D eigenvalue weighted by atomic mass is 10.1. The van der Waals surface area contributed by atoms with Gasteiger partial charge in [0.1, 0.15) is 5.69 Å². The number of nitrogens with zero attached hydrogens (tertiary/aromatic N) is 1. The van der Waals surface area contributed by atoms with E-state index in [1.165, 1.54) is 18.2 Å². The van der Waals surface area contributed by atoms with E-state index in [0.29, 0.717) is 6.54 Å². The molecule has 1 N–H and O–H groups in total. The maximum atomic E-state index is 12.8. The van der Waals surface area contributed by atoms with Crippen molar-refractivity contribution in [2.75, 3.05) is 6.54 Å². The third kappa shape index (κ3) is 3.38. The van der Waals surface area contributed by atoms with Crippen molar-refractivity contribution in [3.05, 3.63) is 65.7 Å². The molecule has 0 fully saturated rings. The maximum Gasteiger partial charge on any atom is 0.270 e. The zero-order chi connectivity index (χ0) is 12.8. The highest BCUT2D eigenvalue weighted by atomic mass is 19.1. The van der Waals surface area contributed by atoms with Crippen molar-refractivity contribution < 1.29 is 9.18 Å². The zero-order valence-corrected chi connectivity index (χ0v) is 9.77. The largest absolute Gasteiger partial charge is 0.350 e. The van der Waals surface area contributed by atoms with Gasteiger partial charge < -0.3 is 5.32 Å². The Hall–Kier alpha value is -2.23. The number of carbonyl (C=O) groups is 1. The van der Waals surface area contributed by atoms with Crippen molar-refractivity contribution in [2.45, 2.75) is 6.42 Å². The molecule has 0 aliphatic rings. The van der Waals surface area contributed by atoms with E-state index >= 15 is 0 Å². The average molecular weight is 244 g/mol. The predicted molar refractivity (Wildman–Crippen MR) is 66.7 cm³/mol. The molecule has 18 heavy (non-hydrogen) atoms. The molecule has 0 aliphatic carbocycles. The number of carbonyl (C=O) groups excluding carboxylic acids is 1. The highest BCUT2D eigenvalue weighted by Crippen LogP contribution is 2.00. The van der Waals surface area contributed by atoms with Crippen molar-refractivity contribution in [1.29, 1.82) is 0 Å². The van der Waals surface area contributed by atoms with E-state index in [1.807, 2.05) is 30.3 Å². The van der Waals surface area contributed by atoms with Crippen LogP contribution in [0.15, 0.2) is 48.5 Å². The number of benzene rings is 1. The van der Waals surface area contributed by atoms with Crippen molar-refractivity contribution in [3.63, 3.8) is 0 Å². The van der Waals surface area contributed by atoms with E-state index in [0.717, 1.165) is 12.0 Å². The molecule has 3 nitrogen and oxygen atoms in total. The van der Waals surface area contributed by atoms with Gasteiger partial charge in [0, 0.05) is 6.54 Å². The van der Waals surface area contributed by atoms with Crippen LogP contribution in [-0.4, -0.2) is 17.4 Å². The Labute approximate surface area is 105 Å². The molecule has 0 atom stereocenters. The molecule has 0 aliphatic heterocycles. The number of pyridine rings is 1. The standard InChI is InChI=1S/C14H13FN2O/c15-13-8-4-7-12(17-13)14(18)16-10-9-11-5-2-1-3-6-11/h1-8H,9-10H2,(H,16,18). The molecule has 2 aromatic rings. The number of rotatable bonds is 4. The second kappa shape index (κ2) is 5.91. The van der Waals surface area contributed by atoms with E-state index in [2.05, 4.69) is 10.3 Å². The van der Waals surface area contributed by atoms with Gasteiger partial charge in [0.15, 0.2) is 0 Å². The second-order valence-corrected chi connectivity index (χ2v) is 3.84. The van der Waals surface area contributed by atoms with Gasteiger partial charge in [0.2, 0.25) is 5.95 Å². The van der Waals surface area contributed by atoms with E-state index in [1.54, 1.807) is 0 Å². The van der Waals surface area contributed by atoms with Gasteiger partial charge in [-0.2, -0.15) is 4.39 Å². The van der Waals surface area contributed by atoms with Crippen LogP contribution in [-0.2, 0) is 6.42 Å². The molecule has 4 heteroatoms. The van der Waals surface area contributed by atoms with Crippen LogP contribution in [0.1, 0.15) is 16.1 Å². The summed E-state index contributed by atoms with van der Waals surface area (Å²) in [7, 11) is 0. The van der Waals surface area contributed by atoms with Gasteiger partial charge in [-0.05, 0) is 24.1 Å². The Morgan fingerprint density at radius 3 is 2.61 bits per heavy atom. The van der Waals surface area contributed by atoms with Crippen LogP contribution in [0.2, 0.25) is 0 Å². The summed E-state index contributed by atoms with van der Waals surface area (Å²) in [5, 5.41) is 2.71. The summed E-state index contributed by atoms with van der Waals surface area (Å²) in [5.41, 5.74) is 1.24. The fourth-order valence-corrected chi connectivity index (χ4v) is 1.59. The topological polar surface area (TPSA) is 42.0 Å². The first-order chi connectivity index (χ1) is 8.75. The molecule has 92 valence electrons. The van der Waals surface area contributed by atoms with Crippen LogP contribution >= 0.6 is 0 Å². The van der Waals surface area contributed by atoms with E-state index < -0.39 is 5.95 Å². The van der Waals surface area contributed by atoms with Crippen molar-refractivity contribution in [1.82, 2.24) is 10.3 Å². The summed E-state index contributed by atoms with van der Waals surface area (Å²) in [6, 6.07) is 14.0. The molecule has 1 heterocycles. The first-order valence-corrected chi connectivity index (χ1v) is 5.70. The number of nitrogens with one attached hydrogen (secondary N) is 1. The van der Waals surface area contributed by atoms with Crippen LogP contribution in [0, 0.1) is 5.95 Å². The molecule has 1 amide bonds. The fraction of sp³-hybridized carbons (Fsp3) is 0.143. The summed E-state index contributed by atoms with van der Waals surface area (Å²) < 4.78 is 12.8. The Balaban J connectivity index is 1.86. The molecule has 0 saturated carbocycles. The zero-order valence-electron chi connectivity index (χ0n) is 9.77. The van der Waals surface area contributed by atoms with Gasteiger partial charge in [-0.1, -0.05) is 36.4 Å². The molecular formula is C14H13FN2O. The minimum Gasteiger partial charge on any atom is -0.350 e. The number of amides is 1. The Morgan fingerprint density at radius 2 is 1.89 bits per heavy atom. The van der Waals surface area contributed by atoms with Gasteiger partial charge in [-0.3, -0.25) is 4.79 Å². The summed E-state index contributed by atoms with van der Waals surface area (Å²) >= 11 is 0. The SMILES string of the molecule is O=C(NCCc1ccccc1)c1cccc(F)n1. The van der Waals surface area contributed by atoms with Gasteiger partial charge >= 0.3 is 0 Å². The van der Waals surface area contributed by atoms with Crippen LogP contribution < -0.4 is 5.32 Å². The summed E-state index contributed by atoms with van der Waals surface area (Å²) in [6.07, 6.45) is 0.738. The Morgan fingerprint density at radius 1 is 1.11 bits per heavy atom. The van der Waals surface area contributed by atoms with Crippen molar-refractivity contribution in [3.8, 4) is 0 Å². The number of hydrogen-bond donors (Lipinski definition) is 1. The smallest absolute Gasteiger partial charge is 0.270 e. The third-order valence-corrected chi connectivity index (χ3v) is 2.49. The lowest BCUT2D eigenvalue weighted by molar-refractivity contribution is 0.0948. The van der Waals surface area contributed by atoms with E-state index in [9.17, 15) is 9.18 Å². The van der Waals surface area contributed by atoms with Crippen LogP contribution in [0.5, 0.6) is 0 Å². The average Bonchev–Trinajstić information content (AvgIpc) is 2.40. The van der Waals surface area contributed by atoms with Gasteiger partial charge in [-0.25, -0.2) is 4.98 Å². The minimum atomic E-state index is -0.647. The number of halogens is 1. The molecule has 1 aromatic carbocycles. The Bertz CT molecular complexity index is 528. The lowest BCUT2D eigenvalue weighted by Crippen LogP contribution is -2.26. The summed E-state index contributed by atoms with van der Waals surface area (Å²) in [4.78, 5) is 15.2. The van der Waals surface area contributed by atoms with Crippen molar-refractivity contribution >= 4 is 5.91 Å². The third-order valence-electron chi connectivity index (χ3n) is 2.49. The normalized spacial score (nSPS) is 10.1. The molecular weight excluding hydrogens is 231 g/mol. The fourth-order valence-electron chi connectivity index (χ4n) is 1.59. The van der Waals surface area contributed by atoms with Crippen LogP contribution in [0.25, 0.3) is 0 Å². The maximum absolute atomic E-state index is 12.8. The van der Waals surface area contributed by atoms with Gasteiger partial charge in [0.25, 0.3) is 5.91 Å². The molecule has 0 radical (unpaired) electrons. The van der Waals surface area contributed by atoms with Crippen LogP contribution in [0.3, 0.4) is 0 Å². The molecule has 0 unspecified atom stereocenters. The first-order valence-electron chi connectivity index (χ1n) is 5.70. The highest BCUT2D eigenvalue weighted by Gasteiger charge is 2.06. The number of aromatic nitrogens is 1. The van der Waals surface area contributed by atoms with Crippen LogP contribution in [0.4, 0.5) is 4.39 Å². The molecule has 2 rings (SSSR count).